The Bertz CT molecular complexity index is 450. The van der Waals surface area contributed by atoms with Gasteiger partial charge in [0, 0.05) is 35.5 Å². The van der Waals surface area contributed by atoms with Crippen LogP contribution in [0.25, 0.3) is 0 Å². The van der Waals surface area contributed by atoms with Gasteiger partial charge in [-0.15, -0.1) is 0 Å². The SMILES string of the molecule is CC(C)N(CCCO)c1cc(Cl)ccc1C(N)=NO. The summed E-state index contributed by atoms with van der Waals surface area (Å²) in [6.07, 6.45) is 0.639. The molecule has 19 heavy (non-hydrogen) atoms. The van der Waals surface area contributed by atoms with E-state index in [1.807, 2.05) is 13.8 Å². The average molecular weight is 286 g/mol. The molecule has 0 amide bonds. The highest BCUT2D eigenvalue weighted by atomic mass is 35.5. The minimum Gasteiger partial charge on any atom is -0.409 e. The molecule has 0 aliphatic carbocycles. The smallest absolute Gasteiger partial charge is 0.172 e. The number of amidine groups is 1. The van der Waals surface area contributed by atoms with E-state index >= 15 is 0 Å². The third-order valence-electron chi connectivity index (χ3n) is 2.83. The molecule has 1 aromatic carbocycles. The van der Waals surface area contributed by atoms with Gasteiger partial charge in [-0.2, -0.15) is 0 Å². The first kappa shape index (κ1) is 15.6. The van der Waals surface area contributed by atoms with Crippen LogP contribution in [0.5, 0.6) is 0 Å². The van der Waals surface area contributed by atoms with E-state index in [1.165, 1.54) is 0 Å². The lowest BCUT2D eigenvalue weighted by Gasteiger charge is -2.30. The minimum absolute atomic E-state index is 0.0429. The van der Waals surface area contributed by atoms with E-state index in [2.05, 4.69) is 10.1 Å². The van der Waals surface area contributed by atoms with E-state index in [0.717, 1.165) is 5.69 Å². The van der Waals surface area contributed by atoms with Crippen molar-refractivity contribution in [3.05, 3.63) is 28.8 Å². The number of halogens is 1. The molecule has 0 unspecified atom stereocenters. The Morgan fingerprint density at radius 2 is 2.16 bits per heavy atom. The summed E-state index contributed by atoms with van der Waals surface area (Å²) < 4.78 is 0. The molecule has 0 aliphatic rings. The quantitative estimate of drug-likeness (QED) is 0.323. The predicted molar refractivity (Wildman–Crippen MR) is 78.1 cm³/mol. The Morgan fingerprint density at radius 3 is 2.68 bits per heavy atom. The van der Waals surface area contributed by atoms with Crippen LogP contribution in [0, 0.1) is 0 Å². The summed E-state index contributed by atoms with van der Waals surface area (Å²) in [6, 6.07) is 5.41. The van der Waals surface area contributed by atoms with E-state index in [9.17, 15) is 0 Å². The monoisotopic (exact) mass is 285 g/mol. The number of aliphatic hydroxyl groups is 1. The van der Waals surface area contributed by atoms with Crippen LogP contribution in [0.15, 0.2) is 23.4 Å². The van der Waals surface area contributed by atoms with Gasteiger partial charge in [0.25, 0.3) is 0 Å². The highest BCUT2D eigenvalue weighted by Gasteiger charge is 2.17. The fraction of sp³-hybridized carbons (Fsp3) is 0.462. The molecule has 0 bridgehead atoms. The maximum absolute atomic E-state index is 8.98. The Balaban J connectivity index is 3.23. The minimum atomic E-state index is 0.0429. The number of hydrogen-bond donors (Lipinski definition) is 3. The first-order valence-corrected chi connectivity index (χ1v) is 6.54. The van der Waals surface area contributed by atoms with Crippen LogP contribution >= 0.6 is 11.6 Å². The van der Waals surface area contributed by atoms with Gasteiger partial charge in [0.15, 0.2) is 5.84 Å². The first-order chi connectivity index (χ1) is 9.01. The van der Waals surface area contributed by atoms with Crippen molar-refractivity contribution >= 4 is 23.1 Å². The molecule has 106 valence electrons. The van der Waals surface area contributed by atoms with E-state index in [4.69, 9.17) is 27.6 Å². The van der Waals surface area contributed by atoms with Gasteiger partial charge in [-0.25, -0.2) is 0 Å². The van der Waals surface area contributed by atoms with Gasteiger partial charge in [-0.3, -0.25) is 0 Å². The summed E-state index contributed by atoms with van der Waals surface area (Å²) in [5.74, 6) is 0.0429. The fourth-order valence-electron chi connectivity index (χ4n) is 1.91. The first-order valence-electron chi connectivity index (χ1n) is 6.16. The van der Waals surface area contributed by atoms with Crippen LogP contribution in [0.4, 0.5) is 5.69 Å². The lowest BCUT2D eigenvalue weighted by Crippen LogP contribution is -2.34. The molecule has 0 radical (unpaired) electrons. The van der Waals surface area contributed by atoms with Crippen molar-refractivity contribution in [2.45, 2.75) is 26.3 Å². The van der Waals surface area contributed by atoms with E-state index < -0.39 is 0 Å². The summed E-state index contributed by atoms with van der Waals surface area (Å²) in [5, 5.41) is 21.5. The van der Waals surface area contributed by atoms with Crippen molar-refractivity contribution in [2.24, 2.45) is 10.9 Å². The van der Waals surface area contributed by atoms with Crippen LogP contribution in [-0.2, 0) is 0 Å². The van der Waals surface area contributed by atoms with Crippen LogP contribution in [0.1, 0.15) is 25.8 Å². The standard InChI is InChI=1S/C13H20ClN3O2/c1-9(2)17(6-3-7-18)12-8-10(14)4-5-11(12)13(15)16-19/h4-5,8-9,18-19H,3,6-7H2,1-2H3,(H2,15,16). The summed E-state index contributed by atoms with van der Waals surface area (Å²) in [6.45, 7) is 4.85. The highest BCUT2D eigenvalue weighted by molar-refractivity contribution is 6.31. The molecule has 0 aromatic heterocycles. The number of hydrogen-bond acceptors (Lipinski definition) is 4. The van der Waals surface area contributed by atoms with Gasteiger partial charge in [0.2, 0.25) is 0 Å². The van der Waals surface area contributed by atoms with E-state index in [-0.39, 0.29) is 18.5 Å². The topological polar surface area (TPSA) is 82.1 Å². The zero-order valence-corrected chi connectivity index (χ0v) is 11.9. The van der Waals surface area contributed by atoms with Crippen LogP contribution in [0.3, 0.4) is 0 Å². The number of anilines is 1. The average Bonchev–Trinajstić information content (AvgIpc) is 2.38. The molecule has 0 fully saturated rings. The van der Waals surface area contributed by atoms with Crippen molar-refractivity contribution in [3.63, 3.8) is 0 Å². The van der Waals surface area contributed by atoms with Gasteiger partial charge >= 0.3 is 0 Å². The van der Waals surface area contributed by atoms with E-state index in [1.54, 1.807) is 18.2 Å². The lowest BCUT2D eigenvalue weighted by molar-refractivity contribution is 0.288. The zero-order valence-electron chi connectivity index (χ0n) is 11.2. The van der Waals surface area contributed by atoms with Crippen molar-refractivity contribution in [1.82, 2.24) is 0 Å². The second-order valence-electron chi connectivity index (χ2n) is 4.51. The Hall–Kier alpha value is -1.46. The molecule has 0 saturated carbocycles. The van der Waals surface area contributed by atoms with Gasteiger partial charge < -0.3 is 20.9 Å². The fourth-order valence-corrected chi connectivity index (χ4v) is 2.08. The van der Waals surface area contributed by atoms with E-state index in [0.29, 0.717) is 23.6 Å². The summed E-state index contributed by atoms with van der Waals surface area (Å²) in [5.41, 5.74) is 7.11. The zero-order chi connectivity index (χ0) is 14.4. The predicted octanol–water partition coefficient (Wildman–Crippen LogP) is 2.03. The Morgan fingerprint density at radius 1 is 1.47 bits per heavy atom. The molecule has 1 aromatic rings. The molecule has 0 spiro atoms. The molecule has 0 saturated heterocycles. The molecule has 6 heteroatoms. The van der Waals surface area contributed by atoms with Crippen molar-refractivity contribution < 1.29 is 10.3 Å². The van der Waals surface area contributed by atoms with Gasteiger partial charge in [0.05, 0.1) is 0 Å². The molecular formula is C13H20ClN3O2. The third kappa shape index (κ3) is 4.01. The third-order valence-corrected chi connectivity index (χ3v) is 3.07. The largest absolute Gasteiger partial charge is 0.409 e. The number of rotatable bonds is 6. The number of aliphatic hydroxyl groups excluding tert-OH is 1. The number of benzene rings is 1. The van der Waals surface area contributed by atoms with Crippen molar-refractivity contribution in [2.75, 3.05) is 18.1 Å². The van der Waals surface area contributed by atoms with Crippen LogP contribution in [0.2, 0.25) is 5.02 Å². The molecule has 1 rings (SSSR count). The van der Waals surface area contributed by atoms with Gasteiger partial charge in [-0.1, -0.05) is 16.8 Å². The molecule has 4 N–H and O–H groups in total. The lowest BCUT2D eigenvalue weighted by atomic mass is 10.1. The Labute approximate surface area is 118 Å². The van der Waals surface area contributed by atoms with Gasteiger partial charge in [-0.05, 0) is 38.5 Å². The molecule has 5 nitrogen and oxygen atoms in total. The summed E-state index contributed by atoms with van der Waals surface area (Å²) in [7, 11) is 0. The number of oxime groups is 1. The second kappa shape index (κ2) is 7.21. The molecule has 0 atom stereocenters. The van der Waals surface area contributed by atoms with Crippen molar-refractivity contribution in [1.29, 1.82) is 0 Å². The maximum Gasteiger partial charge on any atom is 0.172 e. The maximum atomic E-state index is 8.98. The van der Waals surface area contributed by atoms with Gasteiger partial charge in [0.1, 0.15) is 0 Å². The molecule has 0 aliphatic heterocycles. The molecule has 0 heterocycles. The normalized spacial score (nSPS) is 11.9. The number of nitrogens with zero attached hydrogens (tertiary/aromatic N) is 2. The molecular weight excluding hydrogens is 266 g/mol. The Kier molecular flexibility index (Phi) is 5.92. The number of nitrogens with two attached hydrogens (primary N) is 1. The van der Waals surface area contributed by atoms with Crippen molar-refractivity contribution in [3.8, 4) is 0 Å². The summed E-state index contributed by atoms with van der Waals surface area (Å²) in [4.78, 5) is 2.06. The summed E-state index contributed by atoms with van der Waals surface area (Å²) >= 11 is 6.03. The van der Waals surface area contributed by atoms with Crippen LogP contribution < -0.4 is 10.6 Å². The highest BCUT2D eigenvalue weighted by Crippen LogP contribution is 2.26. The van der Waals surface area contributed by atoms with Crippen LogP contribution in [-0.4, -0.2) is 35.3 Å². The second-order valence-corrected chi connectivity index (χ2v) is 4.95.